The normalized spacial score (nSPS) is 11.7. The zero-order chi connectivity index (χ0) is 17.8. The number of hydrogen-bond acceptors (Lipinski definition) is 2. The van der Waals surface area contributed by atoms with Crippen LogP contribution in [0.4, 0.5) is 0 Å². The molecule has 5 aromatic carbocycles. The van der Waals surface area contributed by atoms with Gasteiger partial charge in [0.25, 0.3) is 0 Å². The Labute approximate surface area is 155 Å². The van der Waals surface area contributed by atoms with Gasteiger partial charge in [-0.2, -0.15) is 0 Å². The Balaban J connectivity index is 1.76. The summed E-state index contributed by atoms with van der Waals surface area (Å²) < 4.78 is 5.52. The zero-order valence-electron chi connectivity index (χ0n) is 14.5. The molecule has 27 heavy (non-hydrogen) atoms. The topological polar surface area (TPSA) is 26.0 Å². The Hall–Kier alpha value is -3.65. The quantitative estimate of drug-likeness (QED) is 0.301. The summed E-state index contributed by atoms with van der Waals surface area (Å²) in [6.45, 7) is 0. The van der Waals surface area contributed by atoms with Gasteiger partial charge in [0.05, 0.1) is 0 Å². The third-order valence-electron chi connectivity index (χ3n) is 5.40. The van der Waals surface area contributed by atoms with Crippen LogP contribution in [-0.2, 0) is 0 Å². The molecule has 6 rings (SSSR count). The summed E-state index contributed by atoms with van der Waals surface area (Å²) in [6.07, 6.45) is 0. The molecule has 0 saturated carbocycles. The molecular weight excluding hydrogens is 330 g/mol. The number of benzene rings is 5. The molecular formula is C25H15NO. The molecule has 126 valence electrons. The van der Waals surface area contributed by atoms with E-state index in [1.165, 1.54) is 32.3 Å². The van der Waals surface area contributed by atoms with Gasteiger partial charge in [0.2, 0.25) is 0 Å². The Morgan fingerprint density at radius 2 is 1.00 bits per heavy atom. The van der Waals surface area contributed by atoms with E-state index in [0.29, 0.717) is 0 Å². The molecule has 0 N–H and O–H groups in total. The molecule has 0 unspecified atom stereocenters. The highest BCUT2D eigenvalue weighted by Gasteiger charge is 2.13. The van der Waals surface area contributed by atoms with E-state index in [0.717, 1.165) is 22.2 Å². The van der Waals surface area contributed by atoms with Crippen molar-refractivity contribution in [1.82, 2.24) is 5.16 Å². The standard InChI is InChI=1S/C25H15NO/c1-2-9-19-17(7-1)18-8-3-4-10-20(18)23-15-16(13-14-21(19)23)25-22-11-5-6-12-24(22)27-26-25/h1-15H. The van der Waals surface area contributed by atoms with Crippen LogP contribution in [0.15, 0.2) is 95.5 Å². The van der Waals surface area contributed by atoms with Crippen molar-refractivity contribution in [2.45, 2.75) is 0 Å². The molecule has 0 amide bonds. The zero-order valence-corrected chi connectivity index (χ0v) is 14.5. The highest BCUT2D eigenvalue weighted by Crippen LogP contribution is 2.37. The smallest absolute Gasteiger partial charge is 0.167 e. The van der Waals surface area contributed by atoms with Gasteiger partial charge in [-0.15, -0.1) is 0 Å². The summed E-state index contributed by atoms with van der Waals surface area (Å²) in [7, 11) is 0. The van der Waals surface area contributed by atoms with Crippen LogP contribution in [0.2, 0.25) is 0 Å². The van der Waals surface area contributed by atoms with Gasteiger partial charge in [0.15, 0.2) is 5.58 Å². The fraction of sp³-hybridized carbons (Fsp3) is 0. The van der Waals surface area contributed by atoms with E-state index in [9.17, 15) is 0 Å². The molecule has 0 aliphatic heterocycles. The molecule has 0 bridgehead atoms. The van der Waals surface area contributed by atoms with Crippen molar-refractivity contribution in [3.8, 4) is 11.3 Å². The molecule has 0 fully saturated rings. The average Bonchev–Trinajstić information content (AvgIpc) is 3.18. The van der Waals surface area contributed by atoms with Crippen LogP contribution in [0.25, 0.3) is 54.5 Å². The van der Waals surface area contributed by atoms with Gasteiger partial charge < -0.3 is 4.52 Å². The van der Waals surface area contributed by atoms with Crippen molar-refractivity contribution in [3.63, 3.8) is 0 Å². The van der Waals surface area contributed by atoms with Crippen LogP contribution >= 0.6 is 0 Å². The highest BCUT2D eigenvalue weighted by atomic mass is 16.5. The van der Waals surface area contributed by atoms with Gasteiger partial charge in [-0.25, -0.2) is 0 Å². The summed E-state index contributed by atoms with van der Waals surface area (Å²) >= 11 is 0. The largest absolute Gasteiger partial charge is 0.356 e. The predicted molar refractivity (Wildman–Crippen MR) is 112 cm³/mol. The Morgan fingerprint density at radius 3 is 1.67 bits per heavy atom. The first-order valence-electron chi connectivity index (χ1n) is 9.08. The molecule has 0 aliphatic carbocycles. The maximum absolute atomic E-state index is 5.52. The molecule has 0 atom stereocenters. The summed E-state index contributed by atoms with van der Waals surface area (Å²) in [5, 5.41) is 13.0. The van der Waals surface area contributed by atoms with Gasteiger partial charge in [-0.1, -0.05) is 78.0 Å². The summed E-state index contributed by atoms with van der Waals surface area (Å²) in [4.78, 5) is 0. The van der Waals surface area contributed by atoms with Gasteiger partial charge in [-0.05, 0) is 50.5 Å². The van der Waals surface area contributed by atoms with E-state index in [-0.39, 0.29) is 0 Å². The van der Waals surface area contributed by atoms with Crippen molar-refractivity contribution < 1.29 is 4.52 Å². The van der Waals surface area contributed by atoms with Crippen LogP contribution < -0.4 is 0 Å². The number of rotatable bonds is 1. The second-order valence-electron chi connectivity index (χ2n) is 6.88. The third kappa shape index (κ3) is 2.04. The molecule has 0 saturated heterocycles. The second-order valence-corrected chi connectivity index (χ2v) is 6.88. The lowest BCUT2D eigenvalue weighted by atomic mass is 9.92. The van der Waals surface area contributed by atoms with E-state index >= 15 is 0 Å². The number of fused-ring (bicyclic) bond motifs is 7. The maximum Gasteiger partial charge on any atom is 0.167 e. The first-order valence-corrected chi connectivity index (χ1v) is 9.08. The lowest BCUT2D eigenvalue weighted by molar-refractivity contribution is 0.459. The predicted octanol–water partition coefficient (Wildman–Crippen LogP) is 6.95. The minimum absolute atomic E-state index is 0.816. The number of nitrogens with zero attached hydrogens (tertiary/aromatic N) is 1. The summed E-state index contributed by atoms with van der Waals surface area (Å²) in [6, 6.07) is 31.8. The monoisotopic (exact) mass is 345 g/mol. The van der Waals surface area contributed by atoms with Crippen molar-refractivity contribution >= 4 is 43.3 Å². The molecule has 0 aliphatic rings. The third-order valence-corrected chi connectivity index (χ3v) is 5.40. The number of para-hydroxylation sites is 1. The van der Waals surface area contributed by atoms with Gasteiger partial charge in [0, 0.05) is 10.9 Å². The van der Waals surface area contributed by atoms with Crippen LogP contribution in [0.3, 0.4) is 0 Å². The van der Waals surface area contributed by atoms with E-state index in [1.807, 2.05) is 18.2 Å². The first kappa shape index (κ1) is 14.5. The summed E-state index contributed by atoms with van der Waals surface area (Å²) in [5.41, 5.74) is 2.79. The SMILES string of the molecule is c1ccc2c(-c3ccc4c5ccccc5c5ccccc5c4c3)noc2c1. The lowest BCUT2D eigenvalue weighted by Gasteiger charge is -2.11. The van der Waals surface area contributed by atoms with Gasteiger partial charge in [-0.3, -0.25) is 0 Å². The fourth-order valence-corrected chi connectivity index (χ4v) is 4.15. The maximum atomic E-state index is 5.52. The highest BCUT2D eigenvalue weighted by molar-refractivity contribution is 6.25. The first-order chi connectivity index (χ1) is 13.4. The van der Waals surface area contributed by atoms with Crippen molar-refractivity contribution in [1.29, 1.82) is 0 Å². The minimum Gasteiger partial charge on any atom is -0.356 e. The number of hydrogen-bond donors (Lipinski definition) is 0. The lowest BCUT2D eigenvalue weighted by Crippen LogP contribution is -1.85. The summed E-state index contributed by atoms with van der Waals surface area (Å²) in [5.74, 6) is 0. The number of aromatic nitrogens is 1. The van der Waals surface area contributed by atoms with Gasteiger partial charge >= 0.3 is 0 Å². The molecule has 0 spiro atoms. The van der Waals surface area contributed by atoms with E-state index in [2.05, 4.69) is 78.0 Å². The Bertz CT molecular complexity index is 1440. The molecule has 6 aromatic rings. The van der Waals surface area contributed by atoms with Crippen LogP contribution in [0.1, 0.15) is 0 Å². The second kappa shape index (κ2) is 5.42. The van der Waals surface area contributed by atoms with Crippen LogP contribution in [0, 0.1) is 0 Å². The van der Waals surface area contributed by atoms with Crippen LogP contribution in [-0.4, -0.2) is 5.16 Å². The van der Waals surface area contributed by atoms with E-state index in [1.54, 1.807) is 0 Å². The molecule has 1 heterocycles. The van der Waals surface area contributed by atoms with Crippen LogP contribution in [0.5, 0.6) is 0 Å². The molecule has 2 nitrogen and oxygen atoms in total. The molecule has 2 heteroatoms. The fourth-order valence-electron chi connectivity index (χ4n) is 4.15. The van der Waals surface area contributed by atoms with Crippen molar-refractivity contribution in [2.24, 2.45) is 0 Å². The Kier molecular flexibility index (Phi) is 2.91. The molecule has 1 aromatic heterocycles. The molecule has 0 radical (unpaired) electrons. The van der Waals surface area contributed by atoms with Crippen molar-refractivity contribution in [2.75, 3.05) is 0 Å². The minimum atomic E-state index is 0.816. The van der Waals surface area contributed by atoms with Crippen molar-refractivity contribution in [3.05, 3.63) is 91.0 Å². The average molecular weight is 345 g/mol. The van der Waals surface area contributed by atoms with E-state index < -0.39 is 0 Å². The van der Waals surface area contributed by atoms with E-state index in [4.69, 9.17) is 4.52 Å². The Morgan fingerprint density at radius 1 is 0.481 bits per heavy atom. The van der Waals surface area contributed by atoms with Gasteiger partial charge in [0.1, 0.15) is 5.69 Å².